The molecular weight excluding hydrogens is 243 g/mol. The SMILES string of the molecule is Fc1cnc(N2CCN(C3CCCCC3)CC2)nc1. The Labute approximate surface area is 113 Å². The van der Waals surface area contributed by atoms with E-state index in [0.717, 1.165) is 32.2 Å². The molecule has 5 heteroatoms. The number of anilines is 1. The largest absolute Gasteiger partial charge is 0.338 e. The summed E-state index contributed by atoms with van der Waals surface area (Å²) in [7, 11) is 0. The molecule has 1 aromatic heterocycles. The van der Waals surface area contributed by atoms with Gasteiger partial charge in [-0.05, 0) is 12.8 Å². The molecule has 1 saturated heterocycles. The van der Waals surface area contributed by atoms with E-state index in [1.165, 1.54) is 44.5 Å². The van der Waals surface area contributed by atoms with E-state index in [2.05, 4.69) is 19.8 Å². The van der Waals surface area contributed by atoms with Crippen LogP contribution in [-0.2, 0) is 0 Å². The molecule has 1 saturated carbocycles. The van der Waals surface area contributed by atoms with Gasteiger partial charge in [0.25, 0.3) is 0 Å². The smallest absolute Gasteiger partial charge is 0.225 e. The van der Waals surface area contributed by atoms with Gasteiger partial charge in [-0.3, -0.25) is 4.90 Å². The molecule has 3 rings (SSSR count). The van der Waals surface area contributed by atoms with Gasteiger partial charge in [0.15, 0.2) is 5.82 Å². The van der Waals surface area contributed by atoms with E-state index in [1.54, 1.807) is 0 Å². The molecule has 2 aliphatic rings. The first-order chi connectivity index (χ1) is 9.33. The predicted molar refractivity (Wildman–Crippen MR) is 72.6 cm³/mol. The minimum absolute atomic E-state index is 0.371. The lowest BCUT2D eigenvalue weighted by atomic mass is 9.94. The average Bonchev–Trinajstić information content (AvgIpc) is 2.49. The first-order valence-electron chi connectivity index (χ1n) is 7.29. The van der Waals surface area contributed by atoms with E-state index in [4.69, 9.17) is 0 Å². The molecule has 0 bridgehead atoms. The van der Waals surface area contributed by atoms with Crippen LogP contribution in [0.4, 0.5) is 10.3 Å². The van der Waals surface area contributed by atoms with Crippen molar-refractivity contribution in [1.82, 2.24) is 14.9 Å². The normalized spacial score (nSPS) is 22.7. The Bertz CT molecular complexity index is 394. The Morgan fingerprint density at radius 3 is 2.21 bits per heavy atom. The van der Waals surface area contributed by atoms with Gasteiger partial charge in [0.1, 0.15) is 0 Å². The Hall–Kier alpha value is -1.23. The molecule has 4 nitrogen and oxygen atoms in total. The first-order valence-corrected chi connectivity index (χ1v) is 7.29. The zero-order chi connectivity index (χ0) is 13.1. The molecule has 2 fully saturated rings. The summed E-state index contributed by atoms with van der Waals surface area (Å²) in [6.07, 6.45) is 9.36. The number of hydrogen-bond donors (Lipinski definition) is 0. The summed E-state index contributed by atoms with van der Waals surface area (Å²) >= 11 is 0. The summed E-state index contributed by atoms with van der Waals surface area (Å²) in [5.41, 5.74) is 0. The third-order valence-corrected chi connectivity index (χ3v) is 4.29. The van der Waals surface area contributed by atoms with Crippen LogP contribution in [0.15, 0.2) is 12.4 Å². The standard InChI is InChI=1S/C14H21FN4/c15-12-10-16-14(17-11-12)19-8-6-18(7-9-19)13-4-2-1-3-5-13/h10-11,13H,1-9H2. The summed E-state index contributed by atoms with van der Waals surface area (Å²) < 4.78 is 12.8. The Morgan fingerprint density at radius 2 is 1.58 bits per heavy atom. The van der Waals surface area contributed by atoms with E-state index in [1.807, 2.05) is 0 Å². The van der Waals surface area contributed by atoms with Crippen LogP contribution in [0.5, 0.6) is 0 Å². The van der Waals surface area contributed by atoms with Crippen molar-refractivity contribution in [2.24, 2.45) is 0 Å². The van der Waals surface area contributed by atoms with Crippen LogP contribution in [0.2, 0.25) is 0 Å². The number of hydrogen-bond acceptors (Lipinski definition) is 4. The number of halogens is 1. The number of piperazine rings is 1. The van der Waals surface area contributed by atoms with Crippen LogP contribution in [0, 0.1) is 5.82 Å². The molecule has 0 radical (unpaired) electrons. The van der Waals surface area contributed by atoms with E-state index >= 15 is 0 Å². The molecule has 0 amide bonds. The second kappa shape index (κ2) is 5.82. The van der Waals surface area contributed by atoms with Crippen molar-refractivity contribution >= 4 is 5.95 Å². The van der Waals surface area contributed by atoms with Crippen LogP contribution in [-0.4, -0.2) is 47.1 Å². The zero-order valence-corrected chi connectivity index (χ0v) is 11.3. The third kappa shape index (κ3) is 3.03. The van der Waals surface area contributed by atoms with Crippen molar-refractivity contribution in [2.45, 2.75) is 38.1 Å². The topological polar surface area (TPSA) is 32.3 Å². The second-order valence-corrected chi connectivity index (χ2v) is 5.52. The van der Waals surface area contributed by atoms with Crippen molar-refractivity contribution < 1.29 is 4.39 Å². The fourth-order valence-corrected chi connectivity index (χ4v) is 3.20. The van der Waals surface area contributed by atoms with Crippen LogP contribution in [0.3, 0.4) is 0 Å². The molecule has 0 unspecified atom stereocenters. The fraction of sp³-hybridized carbons (Fsp3) is 0.714. The van der Waals surface area contributed by atoms with Crippen LogP contribution in [0.25, 0.3) is 0 Å². The lowest BCUT2D eigenvalue weighted by Crippen LogP contribution is -2.51. The van der Waals surface area contributed by atoms with Crippen molar-refractivity contribution in [3.63, 3.8) is 0 Å². The molecule has 0 atom stereocenters. The summed E-state index contributed by atoms with van der Waals surface area (Å²) in [5.74, 6) is 0.286. The molecule has 0 N–H and O–H groups in total. The van der Waals surface area contributed by atoms with Crippen molar-refractivity contribution in [3.8, 4) is 0 Å². The molecule has 1 aliphatic heterocycles. The van der Waals surface area contributed by atoms with Crippen molar-refractivity contribution in [1.29, 1.82) is 0 Å². The van der Waals surface area contributed by atoms with Gasteiger partial charge in [0, 0.05) is 32.2 Å². The third-order valence-electron chi connectivity index (χ3n) is 4.29. The van der Waals surface area contributed by atoms with Gasteiger partial charge >= 0.3 is 0 Å². The number of rotatable bonds is 2. The number of nitrogens with zero attached hydrogens (tertiary/aromatic N) is 4. The Balaban J connectivity index is 1.55. The van der Waals surface area contributed by atoms with Gasteiger partial charge in [0.05, 0.1) is 12.4 Å². The highest BCUT2D eigenvalue weighted by molar-refractivity contribution is 5.29. The molecule has 104 valence electrons. The van der Waals surface area contributed by atoms with Gasteiger partial charge in [-0.15, -0.1) is 0 Å². The molecule has 0 aromatic carbocycles. The van der Waals surface area contributed by atoms with Gasteiger partial charge < -0.3 is 4.90 Å². The van der Waals surface area contributed by atoms with E-state index < -0.39 is 0 Å². The lowest BCUT2D eigenvalue weighted by molar-refractivity contribution is 0.147. The molecule has 1 aromatic rings. The molecule has 2 heterocycles. The van der Waals surface area contributed by atoms with Crippen LogP contribution in [0.1, 0.15) is 32.1 Å². The number of aromatic nitrogens is 2. The highest BCUT2D eigenvalue weighted by Crippen LogP contribution is 2.24. The highest BCUT2D eigenvalue weighted by atomic mass is 19.1. The highest BCUT2D eigenvalue weighted by Gasteiger charge is 2.25. The summed E-state index contributed by atoms with van der Waals surface area (Å²) in [6, 6.07) is 0.782. The maximum atomic E-state index is 12.8. The van der Waals surface area contributed by atoms with E-state index in [0.29, 0.717) is 5.95 Å². The minimum Gasteiger partial charge on any atom is -0.338 e. The van der Waals surface area contributed by atoms with E-state index in [9.17, 15) is 4.39 Å². The van der Waals surface area contributed by atoms with Gasteiger partial charge in [-0.25, -0.2) is 14.4 Å². The molecular formula is C14H21FN4. The monoisotopic (exact) mass is 264 g/mol. The fourth-order valence-electron chi connectivity index (χ4n) is 3.20. The lowest BCUT2D eigenvalue weighted by Gasteiger charge is -2.40. The summed E-state index contributed by atoms with van der Waals surface area (Å²) in [5, 5.41) is 0. The molecule has 19 heavy (non-hydrogen) atoms. The average molecular weight is 264 g/mol. The zero-order valence-electron chi connectivity index (χ0n) is 11.3. The second-order valence-electron chi connectivity index (χ2n) is 5.52. The predicted octanol–water partition coefficient (Wildman–Crippen LogP) is 2.07. The van der Waals surface area contributed by atoms with Gasteiger partial charge in [-0.2, -0.15) is 0 Å². The molecule has 0 spiro atoms. The van der Waals surface area contributed by atoms with Crippen LogP contribution >= 0.6 is 0 Å². The first kappa shape index (κ1) is 12.8. The van der Waals surface area contributed by atoms with Crippen molar-refractivity contribution in [2.75, 3.05) is 31.1 Å². The quantitative estimate of drug-likeness (QED) is 0.818. The van der Waals surface area contributed by atoms with Gasteiger partial charge in [0.2, 0.25) is 5.95 Å². The Morgan fingerprint density at radius 1 is 0.947 bits per heavy atom. The van der Waals surface area contributed by atoms with Crippen molar-refractivity contribution in [3.05, 3.63) is 18.2 Å². The summed E-state index contributed by atoms with van der Waals surface area (Å²) in [6.45, 7) is 4.04. The minimum atomic E-state index is -0.371. The summed E-state index contributed by atoms with van der Waals surface area (Å²) in [4.78, 5) is 12.9. The Kier molecular flexibility index (Phi) is 3.92. The van der Waals surface area contributed by atoms with E-state index in [-0.39, 0.29) is 5.82 Å². The maximum Gasteiger partial charge on any atom is 0.225 e. The van der Waals surface area contributed by atoms with Crippen LogP contribution < -0.4 is 4.90 Å². The van der Waals surface area contributed by atoms with Gasteiger partial charge in [-0.1, -0.05) is 19.3 Å². The molecule has 1 aliphatic carbocycles. The maximum absolute atomic E-state index is 12.8.